The molecule has 5 heteroatoms. The molecule has 0 fully saturated rings. The van der Waals surface area contributed by atoms with Crippen molar-refractivity contribution < 1.29 is 14.8 Å². The largest absolute Gasteiger partial charge is 0.494 e. The van der Waals surface area contributed by atoms with Gasteiger partial charge in [-0.25, -0.2) is 0 Å². The Labute approximate surface area is 90.6 Å². The van der Waals surface area contributed by atoms with Crippen molar-refractivity contribution in [1.29, 1.82) is 0 Å². The molecule has 0 aliphatic carbocycles. The van der Waals surface area contributed by atoms with E-state index in [4.69, 9.17) is 4.55 Å². The van der Waals surface area contributed by atoms with Crippen LogP contribution in [0.2, 0.25) is 0 Å². The van der Waals surface area contributed by atoms with E-state index in [1.54, 1.807) is 24.3 Å². The number of rotatable bonds is 2. The molecular weight excluding hydrogens is 214 g/mol. The van der Waals surface area contributed by atoms with Crippen LogP contribution in [0.3, 0.4) is 0 Å². The van der Waals surface area contributed by atoms with Crippen LogP contribution in [0.25, 0.3) is 5.69 Å². The molecule has 0 atom stereocenters. The summed E-state index contributed by atoms with van der Waals surface area (Å²) < 4.78 is 10.1. The SMILES string of the molecule is OSc1ccc(-n2c(O)ccc2O)cc1. The van der Waals surface area contributed by atoms with Crippen LogP contribution in [0, 0.1) is 0 Å². The lowest BCUT2D eigenvalue weighted by molar-refractivity contribution is 0.402. The Balaban J connectivity index is 2.45. The van der Waals surface area contributed by atoms with Gasteiger partial charge in [0.05, 0.1) is 5.69 Å². The lowest BCUT2D eigenvalue weighted by Gasteiger charge is -2.06. The van der Waals surface area contributed by atoms with Gasteiger partial charge in [-0.15, -0.1) is 0 Å². The van der Waals surface area contributed by atoms with Crippen molar-refractivity contribution in [3.05, 3.63) is 36.4 Å². The summed E-state index contributed by atoms with van der Waals surface area (Å²) in [6.45, 7) is 0. The average molecular weight is 223 g/mol. The summed E-state index contributed by atoms with van der Waals surface area (Å²) in [4.78, 5) is 0.699. The zero-order chi connectivity index (χ0) is 10.8. The molecule has 0 aliphatic heterocycles. The summed E-state index contributed by atoms with van der Waals surface area (Å²) in [5.41, 5.74) is 0.632. The predicted molar refractivity (Wildman–Crippen MR) is 57.6 cm³/mol. The molecule has 2 aromatic rings. The van der Waals surface area contributed by atoms with Gasteiger partial charge in [0.2, 0.25) is 0 Å². The van der Waals surface area contributed by atoms with Gasteiger partial charge in [0, 0.05) is 29.1 Å². The van der Waals surface area contributed by atoms with E-state index in [1.807, 2.05) is 0 Å². The van der Waals surface area contributed by atoms with E-state index in [2.05, 4.69) is 0 Å². The normalized spacial score (nSPS) is 10.5. The van der Waals surface area contributed by atoms with Crippen molar-refractivity contribution in [3.63, 3.8) is 0 Å². The zero-order valence-electron chi connectivity index (χ0n) is 7.66. The molecule has 4 nitrogen and oxygen atoms in total. The number of aromatic nitrogens is 1. The van der Waals surface area contributed by atoms with Crippen LogP contribution in [0.4, 0.5) is 0 Å². The summed E-state index contributed by atoms with van der Waals surface area (Å²) in [6, 6.07) is 9.59. The molecular formula is C10H9NO3S. The zero-order valence-corrected chi connectivity index (χ0v) is 8.48. The van der Waals surface area contributed by atoms with Gasteiger partial charge in [0.25, 0.3) is 0 Å². The Bertz CT molecular complexity index is 445. The minimum Gasteiger partial charge on any atom is -0.494 e. The molecule has 15 heavy (non-hydrogen) atoms. The van der Waals surface area contributed by atoms with Crippen LogP contribution in [0.5, 0.6) is 11.8 Å². The highest BCUT2D eigenvalue weighted by Crippen LogP contribution is 2.27. The van der Waals surface area contributed by atoms with E-state index in [0.717, 1.165) is 0 Å². The second-order valence-electron chi connectivity index (χ2n) is 2.97. The number of hydrogen-bond donors (Lipinski definition) is 3. The van der Waals surface area contributed by atoms with Crippen LogP contribution in [0.1, 0.15) is 0 Å². The Morgan fingerprint density at radius 3 is 1.87 bits per heavy atom. The van der Waals surface area contributed by atoms with E-state index < -0.39 is 0 Å². The number of aromatic hydroxyl groups is 2. The highest BCUT2D eigenvalue weighted by molar-refractivity contribution is 7.93. The van der Waals surface area contributed by atoms with E-state index in [-0.39, 0.29) is 11.8 Å². The molecule has 3 N–H and O–H groups in total. The van der Waals surface area contributed by atoms with E-state index in [9.17, 15) is 10.2 Å². The van der Waals surface area contributed by atoms with E-state index in [0.29, 0.717) is 22.6 Å². The fourth-order valence-electron chi connectivity index (χ4n) is 1.34. The quantitative estimate of drug-likeness (QED) is 0.684. The Hall–Kier alpha value is -1.59. The summed E-state index contributed by atoms with van der Waals surface area (Å²) in [6.07, 6.45) is 0. The third-order valence-electron chi connectivity index (χ3n) is 2.04. The second-order valence-corrected chi connectivity index (χ2v) is 3.62. The highest BCUT2D eigenvalue weighted by Gasteiger charge is 2.07. The molecule has 0 amide bonds. The van der Waals surface area contributed by atoms with Gasteiger partial charge >= 0.3 is 0 Å². The fraction of sp³-hybridized carbons (Fsp3) is 0. The maximum atomic E-state index is 9.46. The molecule has 0 unspecified atom stereocenters. The highest BCUT2D eigenvalue weighted by atomic mass is 32.2. The molecule has 0 radical (unpaired) electrons. The first-order valence-corrected chi connectivity index (χ1v) is 5.01. The van der Waals surface area contributed by atoms with E-state index >= 15 is 0 Å². The van der Waals surface area contributed by atoms with Crippen LogP contribution in [-0.4, -0.2) is 19.3 Å². The molecule has 0 bridgehead atoms. The molecule has 2 rings (SSSR count). The van der Waals surface area contributed by atoms with E-state index in [1.165, 1.54) is 16.7 Å². The lowest BCUT2D eigenvalue weighted by Crippen LogP contribution is -1.91. The lowest BCUT2D eigenvalue weighted by atomic mass is 10.3. The summed E-state index contributed by atoms with van der Waals surface area (Å²) >= 11 is 0.649. The van der Waals surface area contributed by atoms with Crippen molar-refractivity contribution in [2.75, 3.05) is 0 Å². The third-order valence-corrected chi connectivity index (χ3v) is 2.52. The molecule has 78 valence electrons. The smallest absolute Gasteiger partial charge is 0.198 e. The minimum atomic E-state index is -0.0306. The topological polar surface area (TPSA) is 65.6 Å². The van der Waals surface area contributed by atoms with Crippen LogP contribution in [-0.2, 0) is 0 Å². The molecule has 1 heterocycles. The van der Waals surface area contributed by atoms with Gasteiger partial charge in [-0.3, -0.25) is 4.57 Å². The van der Waals surface area contributed by atoms with Gasteiger partial charge in [-0.05, 0) is 24.3 Å². The average Bonchev–Trinajstić information content (AvgIpc) is 2.59. The Morgan fingerprint density at radius 2 is 1.40 bits per heavy atom. The monoisotopic (exact) mass is 223 g/mol. The molecule has 0 spiro atoms. The standard InChI is InChI=1S/C10H9NO3S/c12-9-5-6-10(13)11(9)7-1-3-8(15-14)4-2-7/h1-6,12-14H. The molecule has 1 aromatic heterocycles. The van der Waals surface area contributed by atoms with Gasteiger partial charge in [-0.1, -0.05) is 0 Å². The van der Waals surface area contributed by atoms with Crippen molar-refractivity contribution in [3.8, 4) is 17.4 Å². The summed E-state index contributed by atoms with van der Waals surface area (Å²) in [5, 5.41) is 18.9. The molecule has 0 aliphatic rings. The van der Waals surface area contributed by atoms with Crippen molar-refractivity contribution in [1.82, 2.24) is 4.57 Å². The summed E-state index contributed by atoms with van der Waals surface area (Å²) in [5.74, 6) is -0.0613. The Kier molecular flexibility index (Phi) is 2.57. The maximum absolute atomic E-state index is 9.46. The number of hydrogen-bond acceptors (Lipinski definition) is 4. The second kappa shape index (κ2) is 3.88. The van der Waals surface area contributed by atoms with Gasteiger partial charge in [-0.2, -0.15) is 0 Å². The first-order chi connectivity index (χ1) is 7.22. The first kappa shape index (κ1) is 9.95. The van der Waals surface area contributed by atoms with Crippen LogP contribution >= 0.6 is 12.0 Å². The predicted octanol–water partition coefficient (Wildman–Crippen LogP) is 2.45. The minimum absolute atomic E-state index is 0.0306. The number of nitrogens with zero attached hydrogens (tertiary/aromatic N) is 1. The molecule has 0 saturated carbocycles. The van der Waals surface area contributed by atoms with Crippen LogP contribution in [0.15, 0.2) is 41.3 Å². The van der Waals surface area contributed by atoms with Gasteiger partial charge < -0.3 is 14.8 Å². The van der Waals surface area contributed by atoms with Crippen molar-refractivity contribution in [2.45, 2.75) is 4.90 Å². The van der Waals surface area contributed by atoms with Crippen molar-refractivity contribution >= 4 is 12.0 Å². The number of benzene rings is 1. The van der Waals surface area contributed by atoms with Crippen LogP contribution < -0.4 is 0 Å². The van der Waals surface area contributed by atoms with Crippen molar-refractivity contribution in [2.24, 2.45) is 0 Å². The fourth-order valence-corrected chi connectivity index (χ4v) is 1.59. The third kappa shape index (κ3) is 1.79. The van der Waals surface area contributed by atoms with Gasteiger partial charge in [0.15, 0.2) is 11.8 Å². The molecule has 0 saturated heterocycles. The Morgan fingerprint density at radius 1 is 0.867 bits per heavy atom. The summed E-state index contributed by atoms with van der Waals surface area (Å²) in [7, 11) is 0. The van der Waals surface area contributed by atoms with Gasteiger partial charge in [0.1, 0.15) is 0 Å². The maximum Gasteiger partial charge on any atom is 0.198 e. The molecule has 1 aromatic carbocycles. The first-order valence-electron chi connectivity index (χ1n) is 4.24.